The van der Waals surface area contributed by atoms with Crippen LogP contribution in [0.2, 0.25) is 0 Å². The van der Waals surface area contributed by atoms with Gasteiger partial charge in [-0.2, -0.15) is 10.4 Å². The topological polar surface area (TPSA) is 83.0 Å². The number of hydrogen-bond acceptors (Lipinski definition) is 7. The van der Waals surface area contributed by atoms with Gasteiger partial charge in [-0.15, -0.1) is 11.3 Å². The largest absolute Gasteiger partial charge is 0.364 e. The molecule has 3 atom stereocenters. The van der Waals surface area contributed by atoms with E-state index in [-0.39, 0.29) is 36.0 Å². The van der Waals surface area contributed by atoms with E-state index in [9.17, 15) is 4.79 Å². The molecule has 1 saturated heterocycles. The van der Waals surface area contributed by atoms with E-state index in [0.29, 0.717) is 23.1 Å². The maximum absolute atomic E-state index is 15.4. The second-order valence-corrected chi connectivity index (χ2v) is 10.3. The third-order valence-electron chi connectivity index (χ3n) is 7.58. The highest BCUT2D eigenvalue weighted by Gasteiger charge is 2.37. The first-order valence-corrected chi connectivity index (χ1v) is 13.2. The molecular weight excluding hydrogens is 477 g/mol. The van der Waals surface area contributed by atoms with Crippen molar-refractivity contribution in [3.05, 3.63) is 51.6 Å². The summed E-state index contributed by atoms with van der Waals surface area (Å²) in [5, 5.41) is 13.8. The number of hydrogen-bond donors (Lipinski definition) is 0. The third kappa shape index (κ3) is 3.96. The van der Waals surface area contributed by atoms with Crippen LogP contribution in [-0.2, 0) is 13.6 Å². The zero-order valence-corrected chi connectivity index (χ0v) is 21.8. The number of rotatable bonds is 6. The predicted octanol–water partition coefficient (Wildman–Crippen LogP) is 4.45. The van der Waals surface area contributed by atoms with Gasteiger partial charge in [-0.3, -0.25) is 14.4 Å². The minimum Gasteiger partial charge on any atom is -0.364 e. The molecular formula is C26H30FN7OS. The van der Waals surface area contributed by atoms with Crippen LogP contribution in [0.25, 0.3) is 21.3 Å². The number of aromatic nitrogens is 4. The molecule has 10 heteroatoms. The average Bonchev–Trinajstić information content (AvgIpc) is 3.53. The molecule has 0 radical (unpaired) electrons. The molecule has 1 aromatic carbocycles. The van der Waals surface area contributed by atoms with Crippen molar-refractivity contribution in [2.24, 2.45) is 7.05 Å². The zero-order chi connectivity index (χ0) is 25.6. The number of anilines is 1. The van der Waals surface area contributed by atoms with Crippen molar-refractivity contribution >= 4 is 38.3 Å². The van der Waals surface area contributed by atoms with Crippen LogP contribution in [0.1, 0.15) is 45.2 Å². The number of thiazole rings is 1. The molecule has 1 fully saturated rings. The average molecular weight is 508 g/mol. The van der Waals surface area contributed by atoms with Crippen molar-refractivity contribution in [1.82, 2.24) is 24.2 Å². The monoisotopic (exact) mass is 507 g/mol. The molecule has 188 valence electrons. The van der Waals surface area contributed by atoms with Gasteiger partial charge in [0.1, 0.15) is 17.6 Å². The molecule has 0 N–H and O–H groups in total. The summed E-state index contributed by atoms with van der Waals surface area (Å²) in [5.74, 6) is -0.233. The maximum atomic E-state index is 15.4. The van der Waals surface area contributed by atoms with E-state index < -0.39 is 0 Å². The highest BCUT2D eigenvalue weighted by atomic mass is 32.1. The van der Waals surface area contributed by atoms with E-state index >= 15 is 4.39 Å². The van der Waals surface area contributed by atoms with Gasteiger partial charge in [0.25, 0.3) is 5.56 Å². The van der Waals surface area contributed by atoms with Crippen molar-refractivity contribution in [3.8, 4) is 6.07 Å². The van der Waals surface area contributed by atoms with Gasteiger partial charge in [0, 0.05) is 49.9 Å². The fourth-order valence-corrected chi connectivity index (χ4v) is 6.15. The molecule has 4 aromatic rings. The Morgan fingerprint density at radius 2 is 2.00 bits per heavy atom. The van der Waals surface area contributed by atoms with Crippen LogP contribution in [-0.4, -0.2) is 49.4 Å². The Hall–Kier alpha value is -3.29. The molecule has 1 aliphatic heterocycles. The SMILES string of the molecule is CC[C@H]1CN([C@H](C)c2ccc3scnc3c2F)[C@H](CC)CN1c1cc(=O)n(C)c2cn(CC#N)nc12. The highest BCUT2D eigenvalue weighted by molar-refractivity contribution is 7.16. The number of aryl methyl sites for hydroxylation is 1. The first kappa shape index (κ1) is 24.4. The molecule has 5 rings (SSSR count). The molecule has 8 nitrogen and oxygen atoms in total. The van der Waals surface area contributed by atoms with E-state index in [1.807, 2.05) is 12.1 Å². The number of pyridine rings is 1. The Morgan fingerprint density at radius 1 is 1.22 bits per heavy atom. The van der Waals surface area contributed by atoms with Crippen LogP contribution in [0.3, 0.4) is 0 Å². The smallest absolute Gasteiger partial charge is 0.252 e. The Labute approximate surface area is 213 Å². The minimum atomic E-state index is -0.233. The first-order chi connectivity index (χ1) is 17.4. The van der Waals surface area contributed by atoms with Crippen molar-refractivity contribution in [2.45, 2.75) is 58.3 Å². The van der Waals surface area contributed by atoms with Crippen LogP contribution < -0.4 is 10.5 Å². The number of benzene rings is 1. The molecule has 1 aliphatic rings. The van der Waals surface area contributed by atoms with Gasteiger partial charge in [-0.05, 0) is 25.8 Å². The molecule has 36 heavy (non-hydrogen) atoms. The van der Waals surface area contributed by atoms with Crippen molar-refractivity contribution in [2.75, 3.05) is 18.0 Å². The van der Waals surface area contributed by atoms with Crippen LogP contribution in [0.5, 0.6) is 0 Å². The van der Waals surface area contributed by atoms with E-state index in [1.54, 1.807) is 34.1 Å². The quantitative estimate of drug-likeness (QED) is 0.384. The predicted molar refractivity (Wildman–Crippen MR) is 141 cm³/mol. The summed E-state index contributed by atoms with van der Waals surface area (Å²) in [4.78, 5) is 21.8. The van der Waals surface area contributed by atoms with Gasteiger partial charge < -0.3 is 9.47 Å². The maximum Gasteiger partial charge on any atom is 0.252 e. The van der Waals surface area contributed by atoms with Gasteiger partial charge in [-0.25, -0.2) is 9.37 Å². The lowest BCUT2D eigenvalue weighted by molar-refractivity contribution is 0.0995. The second kappa shape index (κ2) is 9.64. The Morgan fingerprint density at radius 3 is 2.72 bits per heavy atom. The Kier molecular flexibility index (Phi) is 6.53. The molecule has 0 aliphatic carbocycles. The van der Waals surface area contributed by atoms with Crippen LogP contribution >= 0.6 is 11.3 Å². The standard InChI is InChI=1S/C26H30FN7OS/c1-5-17-13-34(20-11-23(35)31(4)21-14-32(10-9-28)30-25(20)21)18(6-2)12-33(17)16(3)19-7-8-22-26(24(19)27)29-15-36-22/h7-8,11,14-18H,5-6,10,12-13H2,1-4H3/t16-,17-,18+/m1/s1. The third-order valence-corrected chi connectivity index (χ3v) is 8.37. The molecule has 0 bridgehead atoms. The van der Waals surface area contributed by atoms with E-state index in [0.717, 1.165) is 35.3 Å². The minimum absolute atomic E-state index is 0.105. The molecule has 0 unspecified atom stereocenters. The summed E-state index contributed by atoms with van der Waals surface area (Å²) in [6.07, 6.45) is 3.51. The first-order valence-electron chi connectivity index (χ1n) is 12.4. The Bertz CT molecular complexity index is 1520. The molecule has 0 spiro atoms. The van der Waals surface area contributed by atoms with Gasteiger partial charge in [0.15, 0.2) is 5.82 Å². The summed E-state index contributed by atoms with van der Waals surface area (Å²) in [6.45, 7) is 7.92. The Balaban J connectivity index is 1.53. The number of fused-ring (bicyclic) bond motifs is 2. The summed E-state index contributed by atoms with van der Waals surface area (Å²) in [5.41, 5.74) is 4.93. The second-order valence-electron chi connectivity index (χ2n) is 9.46. The summed E-state index contributed by atoms with van der Waals surface area (Å²) in [7, 11) is 1.73. The lowest BCUT2D eigenvalue weighted by Gasteiger charge is -2.49. The van der Waals surface area contributed by atoms with E-state index in [2.05, 4.69) is 46.7 Å². The lowest BCUT2D eigenvalue weighted by atomic mass is 9.96. The van der Waals surface area contributed by atoms with Gasteiger partial charge in [0.05, 0.1) is 33.7 Å². The van der Waals surface area contributed by atoms with E-state index in [1.165, 1.54) is 11.3 Å². The van der Waals surface area contributed by atoms with Crippen LogP contribution in [0.4, 0.5) is 10.1 Å². The van der Waals surface area contributed by atoms with Gasteiger partial charge in [-0.1, -0.05) is 19.9 Å². The molecule has 0 saturated carbocycles. The summed E-state index contributed by atoms with van der Waals surface area (Å²) < 4.78 is 19.4. The molecule has 3 aromatic heterocycles. The van der Waals surface area contributed by atoms with Crippen molar-refractivity contribution in [3.63, 3.8) is 0 Å². The lowest BCUT2D eigenvalue weighted by Crippen LogP contribution is -2.59. The van der Waals surface area contributed by atoms with Crippen molar-refractivity contribution in [1.29, 1.82) is 5.26 Å². The number of halogens is 1. The fourth-order valence-electron chi connectivity index (χ4n) is 5.48. The highest BCUT2D eigenvalue weighted by Crippen LogP contribution is 2.36. The summed E-state index contributed by atoms with van der Waals surface area (Å²) in [6, 6.07) is 7.81. The number of nitriles is 1. The van der Waals surface area contributed by atoms with Crippen molar-refractivity contribution < 1.29 is 4.39 Å². The molecule has 4 heterocycles. The molecule has 0 amide bonds. The fraction of sp³-hybridized carbons (Fsp3) is 0.462. The number of piperazine rings is 1. The zero-order valence-electron chi connectivity index (χ0n) is 21.0. The van der Waals surface area contributed by atoms with Gasteiger partial charge in [0.2, 0.25) is 0 Å². The van der Waals surface area contributed by atoms with Crippen LogP contribution in [0, 0.1) is 17.1 Å². The normalized spacial score (nSPS) is 19.7. The van der Waals surface area contributed by atoms with Crippen LogP contribution in [0.15, 0.2) is 34.7 Å². The summed E-state index contributed by atoms with van der Waals surface area (Å²) >= 11 is 1.45. The number of nitrogens with zero attached hydrogens (tertiary/aromatic N) is 7. The van der Waals surface area contributed by atoms with E-state index in [4.69, 9.17) is 5.26 Å². The van der Waals surface area contributed by atoms with Gasteiger partial charge >= 0.3 is 0 Å².